The fourth-order valence-electron chi connectivity index (χ4n) is 4.57. The summed E-state index contributed by atoms with van der Waals surface area (Å²) < 4.78 is 6.69. The fraction of sp³-hybridized carbons (Fsp3) is 0.296. The quantitative estimate of drug-likeness (QED) is 0.357. The molecule has 11 heteroatoms. The van der Waals surface area contributed by atoms with E-state index in [4.69, 9.17) is 4.74 Å². The molecule has 0 saturated heterocycles. The number of hydrogen-bond donors (Lipinski definition) is 1. The molecule has 196 valence electrons. The van der Waals surface area contributed by atoms with E-state index < -0.39 is 5.97 Å². The Hall–Kier alpha value is -3.70. The molecule has 0 bridgehead atoms. The van der Waals surface area contributed by atoms with Gasteiger partial charge < -0.3 is 10.1 Å². The van der Waals surface area contributed by atoms with Crippen LogP contribution in [0.1, 0.15) is 44.9 Å². The Balaban J connectivity index is 1.38. The molecule has 9 nitrogen and oxygen atoms in total. The second kappa shape index (κ2) is 11.0. The number of rotatable bonds is 6. The monoisotopic (exact) mass is 549 g/mol. The summed E-state index contributed by atoms with van der Waals surface area (Å²) in [4.78, 5) is 46.2. The number of nitrogens with one attached hydrogen (secondary N) is 1. The molecule has 3 aromatic rings. The van der Waals surface area contributed by atoms with Crippen molar-refractivity contribution in [3.63, 3.8) is 0 Å². The Kier molecular flexibility index (Phi) is 7.48. The minimum atomic E-state index is -0.436. The number of amidine groups is 1. The Labute approximate surface area is 228 Å². The molecule has 5 rings (SSSR count). The molecule has 1 aliphatic heterocycles. The van der Waals surface area contributed by atoms with E-state index in [9.17, 15) is 14.4 Å². The number of fused-ring (bicyclic) bond motifs is 1. The summed E-state index contributed by atoms with van der Waals surface area (Å²) >= 11 is 2.61. The SMILES string of the molecule is COC(=O)c1c(NC(=O)CSC2=NC(=Cc3cn(C)nc3C)C(=O)N2c2ccccc2)sc2c1CCCC2. The smallest absolute Gasteiger partial charge is 0.341 e. The van der Waals surface area contributed by atoms with E-state index in [2.05, 4.69) is 15.4 Å². The number of carbonyl (C=O) groups is 3. The zero-order chi connectivity index (χ0) is 26.8. The Bertz CT molecular complexity index is 1470. The van der Waals surface area contributed by atoms with Gasteiger partial charge >= 0.3 is 5.97 Å². The fourth-order valence-corrected chi connectivity index (χ4v) is 6.68. The van der Waals surface area contributed by atoms with Gasteiger partial charge in [-0.15, -0.1) is 11.3 Å². The van der Waals surface area contributed by atoms with Crippen molar-refractivity contribution in [3.8, 4) is 0 Å². The number of methoxy groups -OCH3 is 1. The number of esters is 1. The van der Waals surface area contributed by atoms with Gasteiger partial charge in [0.2, 0.25) is 5.91 Å². The molecule has 0 saturated carbocycles. The van der Waals surface area contributed by atoms with Crippen LogP contribution in [0.4, 0.5) is 10.7 Å². The summed E-state index contributed by atoms with van der Waals surface area (Å²) in [5.74, 6) is -0.991. The highest BCUT2D eigenvalue weighted by molar-refractivity contribution is 8.14. The number of anilines is 2. The van der Waals surface area contributed by atoms with Crippen molar-refractivity contribution in [1.82, 2.24) is 9.78 Å². The van der Waals surface area contributed by atoms with Gasteiger partial charge in [-0.05, 0) is 56.4 Å². The number of benzene rings is 1. The third-order valence-corrected chi connectivity index (χ3v) is 8.48. The third-order valence-electron chi connectivity index (χ3n) is 6.33. The maximum atomic E-state index is 13.4. The maximum absolute atomic E-state index is 13.4. The van der Waals surface area contributed by atoms with Crippen LogP contribution in [0.5, 0.6) is 0 Å². The minimum Gasteiger partial charge on any atom is -0.465 e. The Morgan fingerprint density at radius 1 is 1.21 bits per heavy atom. The van der Waals surface area contributed by atoms with Crippen molar-refractivity contribution in [2.24, 2.45) is 12.0 Å². The molecule has 1 aromatic carbocycles. The van der Waals surface area contributed by atoms with Crippen molar-refractivity contribution >= 4 is 62.8 Å². The third kappa shape index (κ3) is 5.16. The second-order valence-corrected chi connectivity index (χ2v) is 11.0. The first-order valence-corrected chi connectivity index (χ1v) is 14.0. The number of thioether (sulfide) groups is 1. The van der Waals surface area contributed by atoms with Crippen molar-refractivity contribution in [2.45, 2.75) is 32.6 Å². The van der Waals surface area contributed by atoms with E-state index in [1.807, 2.05) is 50.5 Å². The molecule has 2 amide bonds. The lowest BCUT2D eigenvalue weighted by Gasteiger charge is -2.17. The number of thiophene rings is 1. The zero-order valence-electron chi connectivity index (χ0n) is 21.3. The van der Waals surface area contributed by atoms with Crippen LogP contribution in [-0.4, -0.2) is 45.6 Å². The summed E-state index contributed by atoms with van der Waals surface area (Å²) in [6.07, 6.45) is 7.31. The van der Waals surface area contributed by atoms with Crippen LogP contribution in [0.2, 0.25) is 0 Å². The molecule has 0 fully saturated rings. The summed E-state index contributed by atoms with van der Waals surface area (Å²) in [5, 5.41) is 8.17. The van der Waals surface area contributed by atoms with E-state index in [0.29, 0.717) is 21.4 Å². The summed E-state index contributed by atoms with van der Waals surface area (Å²) in [6.45, 7) is 1.87. The van der Waals surface area contributed by atoms with E-state index in [1.54, 1.807) is 10.8 Å². The molecule has 1 N–H and O–H groups in total. The van der Waals surface area contributed by atoms with Crippen LogP contribution in [0.3, 0.4) is 0 Å². The van der Waals surface area contributed by atoms with Crippen LogP contribution in [0, 0.1) is 6.92 Å². The summed E-state index contributed by atoms with van der Waals surface area (Å²) in [7, 11) is 3.17. The van der Waals surface area contributed by atoms with E-state index >= 15 is 0 Å². The molecule has 0 radical (unpaired) electrons. The molecule has 0 spiro atoms. The van der Waals surface area contributed by atoms with Crippen LogP contribution in [0.15, 0.2) is 47.2 Å². The topological polar surface area (TPSA) is 106 Å². The van der Waals surface area contributed by atoms with Crippen molar-refractivity contribution in [3.05, 3.63) is 69.5 Å². The van der Waals surface area contributed by atoms with E-state index in [0.717, 1.165) is 47.4 Å². The normalized spacial score (nSPS) is 16.0. The van der Waals surface area contributed by atoms with Crippen molar-refractivity contribution < 1.29 is 19.1 Å². The number of amides is 2. The average molecular weight is 550 g/mol. The first kappa shape index (κ1) is 25.9. The predicted octanol–water partition coefficient (Wildman–Crippen LogP) is 4.57. The molecule has 2 aliphatic rings. The highest BCUT2D eigenvalue weighted by atomic mass is 32.2. The molecule has 0 atom stereocenters. The van der Waals surface area contributed by atoms with Gasteiger partial charge in [0.25, 0.3) is 5.91 Å². The van der Waals surface area contributed by atoms with Crippen molar-refractivity contribution in [1.29, 1.82) is 0 Å². The maximum Gasteiger partial charge on any atom is 0.341 e. The van der Waals surface area contributed by atoms with Crippen molar-refractivity contribution in [2.75, 3.05) is 23.1 Å². The molecular formula is C27H27N5O4S2. The van der Waals surface area contributed by atoms with Gasteiger partial charge in [-0.1, -0.05) is 30.0 Å². The predicted molar refractivity (Wildman–Crippen MR) is 151 cm³/mol. The second-order valence-electron chi connectivity index (χ2n) is 8.99. The highest BCUT2D eigenvalue weighted by Gasteiger charge is 2.33. The molecular weight excluding hydrogens is 522 g/mol. The molecule has 3 heterocycles. The van der Waals surface area contributed by atoms with Gasteiger partial charge in [-0.2, -0.15) is 5.10 Å². The molecule has 1 aliphatic carbocycles. The number of nitrogens with zero attached hydrogens (tertiary/aromatic N) is 4. The van der Waals surface area contributed by atoms with Gasteiger partial charge in [0.15, 0.2) is 5.17 Å². The number of carbonyl (C=O) groups excluding carboxylic acids is 3. The number of aromatic nitrogens is 2. The minimum absolute atomic E-state index is 0.0117. The number of hydrogen-bond acceptors (Lipinski definition) is 8. The molecule has 2 aromatic heterocycles. The standard InChI is InChI=1S/C27H27N5O4S2/c1-16-17(14-31(2)30-16)13-20-25(34)32(18-9-5-4-6-10-18)27(28-20)37-15-22(33)29-24-23(26(35)36-3)19-11-7-8-12-21(19)38-24/h4-6,9-10,13-14H,7-8,11-12,15H2,1-3H3,(H,29,33). The van der Waals surface area contributed by atoms with Gasteiger partial charge in [0, 0.05) is 23.7 Å². The van der Waals surface area contributed by atoms with E-state index in [-0.39, 0.29) is 23.3 Å². The lowest BCUT2D eigenvalue weighted by atomic mass is 9.95. The van der Waals surface area contributed by atoms with Crippen LogP contribution < -0.4 is 10.2 Å². The van der Waals surface area contributed by atoms with Crippen LogP contribution in [-0.2, 0) is 34.2 Å². The zero-order valence-corrected chi connectivity index (χ0v) is 22.9. The van der Waals surface area contributed by atoms with Crippen LogP contribution in [0.25, 0.3) is 6.08 Å². The molecule has 38 heavy (non-hydrogen) atoms. The van der Waals surface area contributed by atoms with Crippen LogP contribution >= 0.6 is 23.1 Å². The lowest BCUT2D eigenvalue weighted by molar-refractivity contribution is -0.114. The summed E-state index contributed by atoms with van der Waals surface area (Å²) in [5.41, 5.74) is 3.96. The number of aliphatic imine (C=N–C) groups is 1. The van der Waals surface area contributed by atoms with E-state index in [1.165, 1.54) is 35.1 Å². The lowest BCUT2D eigenvalue weighted by Crippen LogP contribution is -2.31. The number of para-hydroxylation sites is 1. The van der Waals surface area contributed by atoms with Gasteiger partial charge in [-0.3, -0.25) is 19.2 Å². The first-order chi connectivity index (χ1) is 18.4. The average Bonchev–Trinajstić information content (AvgIpc) is 3.54. The number of aryl methyl sites for hydroxylation is 3. The van der Waals surface area contributed by atoms with Gasteiger partial charge in [-0.25, -0.2) is 9.79 Å². The van der Waals surface area contributed by atoms with Gasteiger partial charge in [0.05, 0.1) is 29.8 Å². The highest BCUT2D eigenvalue weighted by Crippen LogP contribution is 2.39. The molecule has 0 unspecified atom stereocenters. The number of ether oxygens (including phenoxy) is 1. The largest absolute Gasteiger partial charge is 0.465 e. The summed E-state index contributed by atoms with van der Waals surface area (Å²) in [6, 6.07) is 9.21. The Morgan fingerprint density at radius 3 is 2.68 bits per heavy atom. The Morgan fingerprint density at radius 2 is 1.97 bits per heavy atom. The first-order valence-electron chi connectivity index (χ1n) is 12.2. The van der Waals surface area contributed by atoms with Gasteiger partial charge in [0.1, 0.15) is 10.7 Å².